The highest BCUT2D eigenvalue weighted by Gasteiger charge is 2.15. The lowest BCUT2D eigenvalue weighted by atomic mass is 10.2. The molecule has 0 aliphatic carbocycles. The number of thioether (sulfide) groups is 1. The van der Waals surface area contributed by atoms with Gasteiger partial charge in [0.15, 0.2) is 0 Å². The molecule has 1 aliphatic rings. The summed E-state index contributed by atoms with van der Waals surface area (Å²) in [6.07, 6.45) is 7.62. The summed E-state index contributed by atoms with van der Waals surface area (Å²) in [5.74, 6) is -0.0274. The molecule has 0 bridgehead atoms. The van der Waals surface area contributed by atoms with Gasteiger partial charge in [0.2, 0.25) is 0 Å². The highest BCUT2D eigenvalue weighted by atomic mass is 32.2. The van der Waals surface area contributed by atoms with E-state index in [1.807, 2.05) is 11.8 Å². The molecular weight excluding hydrogens is 288 g/mol. The van der Waals surface area contributed by atoms with E-state index < -0.39 is 5.97 Å². The standard InChI is InChI=1S/C15H18N2O3S/c18-14(19)7-5-11-4-6-13(16-9-11)15(20)17-10-12-3-1-2-8-21-12/h4-7,9,12H,1-3,8,10H2,(H,17,20)(H,18,19)/b7-5+. The van der Waals surface area contributed by atoms with Gasteiger partial charge >= 0.3 is 5.97 Å². The lowest BCUT2D eigenvalue weighted by molar-refractivity contribution is -0.131. The maximum absolute atomic E-state index is 12.0. The lowest BCUT2D eigenvalue weighted by Gasteiger charge is -2.21. The Morgan fingerprint density at radius 2 is 2.29 bits per heavy atom. The van der Waals surface area contributed by atoms with Gasteiger partial charge in [-0.3, -0.25) is 9.78 Å². The second-order valence-electron chi connectivity index (χ2n) is 4.85. The van der Waals surface area contributed by atoms with Gasteiger partial charge in [0, 0.05) is 24.1 Å². The monoisotopic (exact) mass is 306 g/mol. The second kappa shape index (κ2) is 7.83. The molecule has 0 radical (unpaired) electrons. The maximum atomic E-state index is 12.0. The SMILES string of the molecule is O=C(O)/C=C/c1ccc(C(=O)NCC2CCCCS2)nc1. The molecule has 0 aromatic carbocycles. The van der Waals surface area contributed by atoms with Crippen LogP contribution in [0.5, 0.6) is 0 Å². The van der Waals surface area contributed by atoms with Crippen LogP contribution < -0.4 is 5.32 Å². The number of amides is 1. The average molecular weight is 306 g/mol. The molecule has 0 saturated carbocycles. The Morgan fingerprint density at radius 1 is 1.43 bits per heavy atom. The minimum Gasteiger partial charge on any atom is -0.478 e. The van der Waals surface area contributed by atoms with E-state index >= 15 is 0 Å². The van der Waals surface area contributed by atoms with Crippen molar-refractivity contribution in [2.45, 2.75) is 24.5 Å². The summed E-state index contributed by atoms with van der Waals surface area (Å²) in [5.41, 5.74) is 1.00. The van der Waals surface area contributed by atoms with E-state index in [0.717, 1.165) is 12.5 Å². The molecule has 1 unspecified atom stereocenters. The quantitative estimate of drug-likeness (QED) is 0.815. The van der Waals surface area contributed by atoms with Crippen LogP contribution in [0.2, 0.25) is 0 Å². The van der Waals surface area contributed by atoms with E-state index in [9.17, 15) is 9.59 Å². The van der Waals surface area contributed by atoms with Crippen LogP contribution in [0.4, 0.5) is 0 Å². The summed E-state index contributed by atoms with van der Waals surface area (Å²) in [7, 11) is 0. The first-order chi connectivity index (χ1) is 10.1. The molecule has 1 aromatic rings. The number of nitrogens with zero attached hydrogens (tertiary/aromatic N) is 1. The molecule has 1 atom stereocenters. The highest BCUT2D eigenvalue weighted by molar-refractivity contribution is 7.99. The van der Waals surface area contributed by atoms with Crippen molar-refractivity contribution < 1.29 is 14.7 Å². The van der Waals surface area contributed by atoms with Gasteiger partial charge in [0.25, 0.3) is 5.91 Å². The van der Waals surface area contributed by atoms with Gasteiger partial charge in [-0.1, -0.05) is 12.5 Å². The Hall–Kier alpha value is -1.82. The fourth-order valence-electron chi connectivity index (χ4n) is 2.07. The van der Waals surface area contributed by atoms with E-state index in [0.29, 0.717) is 23.1 Å². The Labute approximate surface area is 127 Å². The van der Waals surface area contributed by atoms with Crippen LogP contribution >= 0.6 is 11.8 Å². The van der Waals surface area contributed by atoms with Gasteiger partial charge in [-0.15, -0.1) is 0 Å². The third-order valence-electron chi connectivity index (χ3n) is 3.20. The number of pyridine rings is 1. The molecule has 6 heteroatoms. The van der Waals surface area contributed by atoms with Gasteiger partial charge < -0.3 is 10.4 Å². The maximum Gasteiger partial charge on any atom is 0.328 e. The predicted octanol–water partition coefficient (Wildman–Crippen LogP) is 2.19. The summed E-state index contributed by atoms with van der Waals surface area (Å²) >= 11 is 1.91. The van der Waals surface area contributed by atoms with E-state index in [2.05, 4.69) is 10.3 Å². The molecule has 1 amide bonds. The third-order valence-corrected chi connectivity index (χ3v) is 4.60. The number of hydrogen-bond acceptors (Lipinski definition) is 4. The number of carbonyl (C=O) groups is 2. The third kappa shape index (κ3) is 5.23. The van der Waals surface area contributed by atoms with Crippen LogP contribution in [-0.2, 0) is 4.79 Å². The predicted molar refractivity (Wildman–Crippen MR) is 83.3 cm³/mol. The van der Waals surface area contributed by atoms with Crippen LogP contribution in [0, 0.1) is 0 Å². The minimum absolute atomic E-state index is 0.185. The number of carboxylic acid groups (broad SMARTS) is 1. The lowest BCUT2D eigenvalue weighted by Crippen LogP contribution is -2.32. The molecular formula is C15H18N2O3S. The first kappa shape index (κ1) is 15.6. The Bertz CT molecular complexity index is 522. The number of hydrogen-bond donors (Lipinski definition) is 2. The Kier molecular flexibility index (Phi) is 5.80. The second-order valence-corrected chi connectivity index (χ2v) is 6.26. The van der Waals surface area contributed by atoms with Crippen molar-refractivity contribution in [2.75, 3.05) is 12.3 Å². The summed E-state index contributed by atoms with van der Waals surface area (Å²) < 4.78 is 0. The molecule has 21 heavy (non-hydrogen) atoms. The molecule has 1 saturated heterocycles. The van der Waals surface area contributed by atoms with Crippen molar-refractivity contribution in [1.29, 1.82) is 0 Å². The molecule has 1 fully saturated rings. The van der Waals surface area contributed by atoms with Crippen LogP contribution in [0.1, 0.15) is 35.3 Å². The molecule has 2 rings (SSSR count). The Balaban J connectivity index is 1.85. The minimum atomic E-state index is -1.01. The first-order valence-electron chi connectivity index (χ1n) is 6.92. The van der Waals surface area contributed by atoms with Crippen molar-refractivity contribution in [3.63, 3.8) is 0 Å². The summed E-state index contributed by atoms with van der Waals surface area (Å²) in [6, 6.07) is 3.28. The topological polar surface area (TPSA) is 79.3 Å². The number of carbonyl (C=O) groups excluding carboxylic acids is 1. The smallest absolute Gasteiger partial charge is 0.328 e. The number of aromatic nitrogens is 1. The van der Waals surface area contributed by atoms with Crippen LogP contribution in [0.25, 0.3) is 6.08 Å². The van der Waals surface area contributed by atoms with E-state index in [1.165, 1.54) is 30.9 Å². The van der Waals surface area contributed by atoms with E-state index in [-0.39, 0.29) is 5.91 Å². The van der Waals surface area contributed by atoms with Gasteiger partial charge in [-0.05, 0) is 36.3 Å². The average Bonchev–Trinajstić information content (AvgIpc) is 2.52. The van der Waals surface area contributed by atoms with E-state index in [4.69, 9.17) is 5.11 Å². The fourth-order valence-corrected chi connectivity index (χ4v) is 3.31. The van der Waals surface area contributed by atoms with E-state index in [1.54, 1.807) is 12.1 Å². The summed E-state index contributed by atoms with van der Waals surface area (Å²) in [6.45, 7) is 0.672. The van der Waals surface area contributed by atoms with Crippen molar-refractivity contribution in [3.05, 3.63) is 35.7 Å². The van der Waals surface area contributed by atoms with Crippen molar-refractivity contribution >= 4 is 29.7 Å². The van der Waals surface area contributed by atoms with Gasteiger partial charge in [0.05, 0.1) is 0 Å². The van der Waals surface area contributed by atoms with Crippen LogP contribution in [-0.4, -0.2) is 39.5 Å². The number of nitrogens with one attached hydrogen (secondary N) is 1. The normalized spacial score (nSPS) is 18.6. The molecule has 2 N–H and O–H groups in total. The zero-order valence-corrected chi connectivity index (χ0v) is 12.4. The first-order valence-corrected chi connectivity index (χ1v) is 7.97. The molecule has 112 valence electrons. The van der Waals surface area contributed by atoms with Crippen LogP contribution in [0.3, 0.4) is 0 Å². The highest BCUT2D eigenvalue weighted by Crippen LogP contribution is 2.24. The largest absolute Gasteiger partial charge is 0.478 e. The molecule has 0 spiro atoms. The van der Waals surface area contributed by atoms with Gasteiger partial charge in [0.1, 0.15) is 5.69 Å². The molecule has 1 aromatic heterocycles. The fraction of sp³-hybridized carbons (Fsp3) is 0.400. The summed E-state index contributed by atoms with van der Waals surface area (Å²) in [4.78, 5) is 26.4. The van der Waals surface area contributed by atoms with Crippen LogP contribution in [0.15, 0.2) is 24.4 Å². The van der Waals surface area contributed by atoms with Gasteiger partial charge in [-0.25, -0.2) is 4.79 Å². The number of rotatable bonds is 5. The molecule has 2 heterocycles. The summed E-state index contributed by atoms with van der Waals surface area (Å²) in [5, 5.41) is 11.9. The molecule has 5 nitrogen and oxygen atoms in total. The van der Waals surface area contributed by atoms with Crippen molar-refractivity contribution in [2.24, 2.45) is 0 Å². The molecule has 1 aliphatic heterocycles. The number of aliphatic carboxylic acids is 1. The number of carboxylic acids is 1. The zero-order valence-electron chi connectivity index (χ0n) is 11.6. The zero-order chi connectivity index (χ0) is 15.1. The van der Waals surface area contributed by atoms with Gasteiger partial charge in [-0.2, -0.15) is 11.8 Å². The van der Waals surface area contributed by atoms with Crippen molar-refractivity contribution in [1.82, 2.24) is 10.3 Å². The Morgan fingerprint density at radius 3 is 2.90 bits per heavy atom. The van der Waals surface area contributed by atoms with Crippen molar-refractivity contribution in [3.8, 4) is 0 Å².